The highest BCUT2D eigenvalue weighted by Crippen LogP contribution is 2.28. The van der Waals surface area contributed by atoms with E-state index in [0.29, 0.717) is 16.6 Å². The van der Waals surface area contributed by atoms with Gasteiger partial charge in [0.05, 0.1) is 10.8 Å². The Balaban J connectivity index is 1.67. The lowest BCUT2D eigenvalue weighted by molar-refractivity contribution is -0.148. The molecule has 0 aliphatic rings. The van der Waals surface area contributed by atoms with Crippen LogP contribution in [-0.4, -0.2) is 11.0 Å². The minimum Gasteiger partial charge on any atom is -0.459 e. The van der Waals surface area contributed by atoms with E-state index in [2.05, 4.69) is 4.98 Å². The average Bonchev–Trinajstić information content (AvgIpc) is 3.26. The molecular weight excluding hydrogens is 358 g/mol. The summed E-state index contributed by atoms with van der Waals surface area (Å²) in [7, 11) is 0. The molecule has 0 radical (unpaired) electrons. The van der Waals surface area contributed by atoms with E-state index >= 15 is 0 Å². The SMILES string of the molecule is CC(C)[C@H](C(=O)OCc1coc(-c2cccs2)n1)c1ccc(Cl)cc1. The smallest absolute Gasteiger partial charge is 0.314 e. The van der Waals surface area contributed by atoms with Crippen LogP contribution in [0, 0.1) is 5.92 Å². The summed E-state index contributed by atoms with van der Waals surface area (Å²) in [6, 6.07) is 11.2. The van der Waals surface area contributed by atoms with Gasteiger partial charge in [-0.25, -0.2) is 4.98 Å². The van der Waals surface area contributed by atoms with Gasteiger partial charge >= 0.3 is 5.97 Å². The number of hydrogen-bond donors (Lipinski definition) is 0. The Morgan fingerprint density at radius 2 is 2.04 bits per heavy atom. The number of oxazole rings is 1. The predicted octanol–water partition coefficient (Wildman–Crippen LogP) is 5.54. The summed E-state index contributed by atoms with van der Waals surface area (Å²) in [5.74, 6) is 0.0192. The van der Waals surface area contributed by atoms with Crippen molar-refractivity contribution >= 4 is 28.9 Å². The van der Waals surface area contributed by atoms with E-state index in [-0.39, 0.29) is 24.4 Å². The van der Waals surface area contributed by atoms with Crippen LogP contribution in [0.2, 0.25) is 5.02 Å². The molecular formula is C19H18ClNO3S. The Hall–Kier alpha value is -2.11. The van der Waals surface area contributed by atoms with E-state index in [4.69, 9.17) is 20.8 Å². The molecule has 0 aliphatic carbocycles. The van der Waals surface area contributed by atoms with E-state index in [0.717, 1.165) is 10.4 Å². The monoisotopic (exact) mass is 375 g/mol. The van der Waals surface area contributed by atoms with E-state index < -0.39 is 0 Å². The standard InChI is InChI=1S/C19H18ClNO3S/c1-12(2)17(13-5-7-14(20)8-6-13)19(22)24-11-15-10-23-18(21-15)16-4-3-9-25-16/h3-10,12,17H,11H2,1-2H3/t17-/m0/s1. The Morgan fingerprint density at radius 3 is 2.68 bits per heavy atom. The maximum Gasteiger partial charge on any atom is 0.314 e. The van der Waals surface area contributed by atoms with Crippen LogP contribution in [0.25, 0.3) is 10.8 Å². The second-order valence-corrected chi connectivity index (χ2v) is 7.39. The van der Waals surface area contributed by atoms with Gasteiger partial charge < -0.3 is 9.15 Å². The lowest BCUT2D eigenvalue weighted by Crippen LogP contribution is -2.20. The Labute approximate surface area is 155 Å². The third-order valence-electron chi connectivity index (χ3n) is 3.80. The molecule has 3 rings (SSSR count). The molecule has 3 aromatic rings. The van der Waals surface area contributed by atoms with E-state index in [1.807, 2.05) is 43.5 Å². The zero-order valence-corrected chi connectivity index (χ0v) is 15.5. The quantitative estimate of drug-likeness (QED) is 0.531. The molecule has 0 fully saturated rings. The van der Waals surface area contributed by atoms with Gasteiger partial charge in [0, 0.05) is 5.02 Å². The molecule has 0 amide bonds. The maximum atomic E-state index is 12.6. The number of esters is 1. The lowest BCUT2D eigenvalue weighted by Gasteiger charge is -2.19. The molecule has 4 nitrogen and oxygen atoms in total. The number of hydrogen-bond acceptors (Lipinski definition) is 5. The number of carbonyl (C=O) groups is 1. The summed E-state index contributed by atoms with van der Waals surface area (Å²) in [4.78, 5) is 17.9. The molecule has 2 heterocycles. The molecule has 0 spiro atoms. The molecule has 2 aromatic heterocycles. The van der Waals surface area contributed by atoms with Crippen molar-refractivity contribution in [2.24, 2.45) is 5.92 Å². The number of carbonyl (C=O) groups excluding carboxylic acids is 1. The largest absolute Gasteiger partial charge is 0.459 e. The van der Waals surface area contributed by atoms with Crippen LogP contribution in [0.3, 0.4) is 0 Å². The summed E-state index contributed by atoms with van der Waals surface area (Å²) in [5.41, 5.74) is 1.49. The highest BCUT2D eigenvalue weighted by Gasteiger charge is 2.26. The van der Waals surface area contributed by atoms with Gasteiger partial charge in [-0.05, 0) is 35.1 Å². The molecule has 0 saturated heterocycles. The van der Waals surface area contributed by atoms with Crippen LogP contribution in [0.5, 0.6) is 0 Å². The molecule has 0 N–H and O–H groups in total. The number of rotatable bonds is 6. The third kappa shape index (κ3) is 4.30. The van der Waals surface area contributed by atoms with Crippen LogP contribution in [-0.2, 0) is 16.1 Å². The first-order valence-corrected chi connectivity index (χ1v) is 9.20. The van der Waals surface area contributed by atoms with Crippen molar-refractivity contribution in [2.75, 3.05) is 0 Å². The minimum absolute atomic E-state index is 0.0878. The molecule has 130 valence electrons. The topological polar surface area (TPSA) is 52.3 Å². The molecule has 0 saturated carbocycles. The molecule has 1 atom stereocenters. The van der Waals surface area contributed by atoms with Gasteiger partial charge in [-0.1, -0.05) is 43.6 Å². The third-order valence-corrected chi connectivity index (χ3v) is 4.91. The van der Waals surface area contributed by atoms with Crippen LogP contribution < -0.4 is 0 Å². The Morgan fingerprint density at radius 1 is 1.28 bits per heavy atom. The van der Waals surface area contributed by atoms with Crippen LogP contribution in [0.15, 0.2) is 52.5 Å². The zero-order chi connectivity index (χ0) is 17.8. The first kappa shape index (κ1) is 17.7. The van der Waals surface area contributed by atoms with E-state index in [9.17, 15) is 4.79 Å². The molecule has 25 heavy (non-hydrogen) atoms. The Bertz CT molecular complexity index is 825. The number of benzene rings is 1. The second-order valence-electron chi connectivity index (χ2n) is 6.00. The molecule has 0 unspecified atom stereocenters. The Kier molecular flexibility index (Phi) is 5.56. The van der Waals surface area contributed by atoms with Gasteiger partial charge in [0.15, 0.2) is 0 Å². The summed E-state index contributed by atoms with van der Waals surface area (Å²) in [5, 5.41) is 2.60. The fourth-order valence-electron chi connectivity index (χ4n) is 2.58. The lowest BCUT2D eigenvalue weighted by atomic mass is 9.88. The zero-order valence-electron chi connectivity index (χ0n) is 13.9. The van der Waals surface area contributed by atoms with Gasteiger partial charge in [0.25, 0.3) is 0 Å². The van der Waals surface area contributed by atoms with Gasteiger partial charge in [0.1, 0.15) is 18.6 Å². The first-order valence-electron chi connectivity index (χ1n) is 7.95. The van der Waals surface area contributed by atoms with Crippen molar-refractivity contribution in [1.82, 2.24) is 4.98 Å². The predicted molar refractivity (Wildman–Crippen MR) is 98.6 cm³/mol. The maximum absolute atomic E-state index is 12.6. The van der Waals surface area contributed by atoms with Crippen molar-refractivity contribution in [2.45, 2.75) is 26.4 Å². The van der Waals surface area contributed by atoms with Gasteiger partial charge in [-0.2, -0.15) is 0 Å². The average molecular weight is 376 g/mol. The first-order chi connectivity index (χ1) is 12.0. The van der Waals surface area contributed by atoms with Gasteiger partial charge in [-0.15, -0.1) is 11.3 Å². The fourth-order valence-corrected chi connectivity index (χ4v) is 3.37. The van der Waals surface area contributed by atoms with Gasteiger partial charge in [0.2, 0.25) is 5.89 Å². The van der Waals surface area contributed by atoms with Crippen molar-refractivity contribution < 1.29 is 13.9 Å². The number of nitrogens with zero attached hydrogens (tertiary/aromatic N) is 1. The summed E-state index contributed by atoms with van der Waals surface area (Å²) >= 11 is 7.47. The minimum atomic E-state index is -0.346. The molecule has 0 bridgehead atoms. The van der Waals surface area contributed by atoms with Crippen molar-refractivity contribution in [1.29, 1.82) is 0 Å². The molecule has 6 heteroatoms. The van der Waals surface area contributed by atoms with Crippen molar-refractivity contribution in [3.05, 3.63) is 64.3 Å². The van der Waals surface area contributed by atoms with E-state index in [1.165, 1.54) is 6.26 Å². The number of halogens is 1. The number of thiophene rings is 1. The van der Waals surface area contributed by atoms with Crippen LogP contribution in [0.1, 0.15) is 31.0 Å². The molecule has 0 aliphatic heterocycles. The second kappa shape index (κ2) is 7.85. The fraction of sp³-hybridized carbons (Fsp3) is 0.263. The normalized spacial score (nSPS) is 12.3. The van der Waals surface area contributed by atoms with Crippen LogP contribution >= 0.6 is 22.9 Å². The summed E-state index contributed by atoms with van der Waals surface area (Å²) in [6.45, 7) is 4.07. The number of aromatic nitrogens is 1. The highest BCUT2D eigenvalue weighted by molar-refractivity contribution is 7.13. The molecule has 1 aromatic carbocycles. The van der Waals surface area contributed by atoms with Gasteiger partial charge in [-0.3, -0.25) is 4.79 Å². The van der Waals surface area contributed by atoms with Crippen molar-refractivity contribution in [3.8, 4) is 10.8 Å². The van der Waals surface area contributed by atoms with Crippen molar-refractivity contribution in [3.63, 3.8) is 0 Å². The van der Waals surface area contributed by atoms with E-state index in [1.54, 1.807) is 23.5 Å². The summed E-state index contributed by atoms with van der Waals surface area (Å²) < 4.78 is 10.9. The highest BCUT2D eigenvalue weighted by atomic mass is 35.5. The van der Waals surface area contributed by atoms with Crippen LogP contribution in [0.4, 0.5) is 0 Å². The summed E-state index contributed by atoms with van der Waals surface area (Å²) in [6.07, 6.45) is 1.52. The number of ether oxygens (including phenoxy) is 1.